The van der Waals surface area contributed by atoms with Crippen LogP contribution in [0.3, 0.4) is 0 Å². The van der Waals surface area contributed by atoms with Crippen molar-refractivity contribution in [3.8, 4) is 0 Å². The molecule has 0 aliphatic carbocycles. The fourth-order valence-corrected chi connectivity index (χ4v) is 0.588. The standard InChI is InChI=1S/C7H5FNO/c8-6-1-3-7(4-2-6)9-5-10/h1-5H. The van der Waals surface area contributed by atoms with Gasteiger partial charge in [0.2, 0.25) is 6.41 Å². The third-order valence-corrected chi connectivity index (χ3v) is 1.03. The first-order valence-corrected chi connectivity index (χ1v) is 2.73. The molecule has 2 nitrogen and oxygen atoms in total. The predicted molar refractivity (Wildman–Crippen MR) is 34.3 cm³/mol. The summed E-state index contributed by atoms with van der Waals surface area (Å²) < 4.78 is 12.2. The van der Waals surface area contributed by atoms with Gasteiger partial charge in [0.1, 0.15) is 5.82 Å². The van der Waals surface area contributed by atoms with Crippen molar-refractivity contribution >= 4 is 12.1 Å². The molecule has 0 atom stereocenters. The maximum absolute atomic E-state index is 12.2. The number of carbonyl (C=O) groups is 1. The Kier molecular flexibility index (Phi) is 1.99. The van der Waals surface area contributed by atoms with Crippen molar-refractivity contribution in [2.45, 2.75) is 0 Å². The number of hydrogen-bond acceptors (Lipinski definition) is 1. The summed E-state index contributed by atoms with van der Waals surface area (Å²) in [6.45, 7) is 0. The number of amides is 1. The van der Waals surface area contributed by atoms with E-state index in [1.807, 2.05) is 0 Å². The van der Waals surface area contributed by atoms with Crippen LogP contribution in [-0.2, 0) is 4.79 Å². The Morgan fingerprint density at radius 2 is 1.90 bits per heavy atom. The van der Waals surface area contributed by atoms with Gasteiger partial charge in [0.15, 0.2) is 0 Å². The van der Waals surface area contributed by atoms with E-state index >= 15 is 0 Å². The summed E-state index contributed by atoms with van der Waals surface area (Å²) in [7, 11) is 0. The molecule has 0 N–H and O–H groups in total. The Bertz CT molecular complexity index is 220. The van der Waals surface area contributed by atoms with Crippen molar-refractivity contribution in [2.75, 3.05) is 0 Å². The highest BCUT2D eigenvalue weighted by molar-refractivity contribution is 5.57. The average Bonchev–Trinajstić information content (AvgIpc) is 1.95. The topological polar surface area (TPSA) is 31.2 Å². The monoisotopic (exact) mass is 138 g/mol. The molecule has 0 heterocycles. The van der Waals surface area contributed by atoms with Gasteiger partial charge in [-0.3, -0.25) is 4.79 Å². The van der Waals surface area contributed by atoms with E-state index in [1.165, 1.54) is 24.3 Å². The molecule has 0 saturated carbocycles. The summed E-state index contributed by atoms with van der Waals surface area (Å²) in [6.07, 6.45) is 0.424. The molecule has 0 spiro atoms. The predicted octanol–water partition coefficient (Wildman–Crippen LogP) is 1.22. The number of benzene rings is 1. The van der Waals surface area contributed by atoms with E-state index < -0.39 is 0 Å². The molecule has 0 bridgehead atoms. The highest BCUT2D eigenvalue weighted by Crippen LogP contribution is 2.06. The fraction of sp³-hybridized carbons (Fsp3) is 0. The second-order valence-electron chi connectivity index (χ2n) is 1.71. The Balaban J connectivity index is 2.78. The number of hydrogen-bond donors (Lipinski definition) is 0. The molecule has 0 aromatic heterocycles. The molecule has 0 aliphatic heterocycles. The first kappa shape index (κ1) is 6.74. The lowest BCUT2D eigenvalue weighted by Gasteiger charge is -1.91. The first-order valence-electron chi connectivity index (χ1n) is 2.73. The van der Waals surface area contributed by atoms with Crippen LogP contribution in [-0.4, -0.2) is 6.41 Å². The minimum Gasteiger partial charge on any atom is -0.276 e. The van der Waals surface area contributed by atoms with Crippen LogP contribution < -0.4 is 5.32 Å². The maximum Gasteiger partial charge on any atom is 0.233 e. The molecule has 3 heteroatoms. The van der Waals surface area contributed by atoms with Gasteiger partial charge in [-0.25, -0.2) is 9.71 Å². The molecule has 0 unspecified atom stereocenters. The zero-order chi connectivity index (χ0) is 7.40. The van der Waals surface area contributed by atoms with Gasteiger partial charge in [-0.2, -0.15) is 0 Å². The zero-order valence-corrected chi connectivity index (χ0v) is 5.12. The second kappa shape index (κ2) is 2.96. The van der Waals surface area contributed by atoms with Crippen molar-refractivity contribution in [3.63, 3.8) is 0 Å². The quantitative estimate of drug-likeness (QED) is 0.565. The number of halogens is 1. The van der Waals surface area contributed by atoms with Crippen LogP contribution in [0, 0.1) is 5.82 Å². The lowest BCUT2D eigenvalue weighted by Crippen LogP contribution is -1.90. The van der Waals surface area contributed by atoms with Gasteiger partial charge in [-0.05, 0) is 24.3 Å². The van der Waals surface area contributed by atoms with E-state index in [-0.39, 0.29) is 5.82 Å². The Morgan fingerprint density at radius 3 is 2.40 bits per heavy atom. The van der Waals surface area contributed by atoms with Gasteiger partial charge in [0.05, 0.1) is 5.69 Å². The molecular formula is C7H5FNO. The van der Waals surface area contributed by atoms with Gasteiger partial charge in [0.25, 0.3) is 0 Å². The molecule has 51 valence electrons. The number of rotatable bonds is 2. The van der Waals surface area contributed by atoms with Crippen LogP contribution in [0.2, 0.25) is 0 Å². The van der Waals surface area contributed by atoms with E-state index in [1.54, 1.807) is 0 Å². The SMILES string of the molecule is O=C[N]c1ccc(F)cc1. The minimum atomic E-state index is -0.329. The normalized spacial score (nSPS) is 8.90. The van der Waals surface area contributed by atoms with E-state index in [9.17, 15) is 9.18 Å². The second-order valence-corrected chi connectivity index (χ2v) is 1.71. The van der Waals surface area contributed by atoms with Gasteiger partial charge in [0, 0.05) is 0 Å². The molecular weight excluding hydrogens is 133 g/mol. The fourth-order valence-electron chi connectivity index (χ4n) is 0.588. The van der Waals surface area contributed by atoms with Gasteiger partial charge >= 0.3 is 0 Å². The van der Waals surface area contributed by atoms with Crippen molar-refractivity contribution in [1.29, 1.82) is 0 Å². The Labute approximate surface area is 57.7 Å². The highest BCUT2D eigenvalue weighted by atomic mass is 19.1. The molecule has 1 aromatic rings. The Morgan fingerprint density at radius 1 is 1.30 bits per heavy atom. The van der Waals surface area contributed by atoms with Crippen LogP contribution in [0.1, 0.15) is 0 Å². The van der Waals surface area contributed by atoms with Gasteiger partial charge in [-0.1, -0.05) is 0 Å². The van der Waals surface area contributed by atoms with Crippen molar-refractivity contribution in [3.05, 3.63) is 30.1 Å². The van der Waals surface area contributed by atoms with Crippen LogP contribution >= 0.6 is 0 Å². The molecule has 1 rings (SSSR count). The Hall–Kier alpha value is -1.38. The molecule has 0 saturated heterocycles. The summed E-state index contributed by atoms with van der Waals surface area (Å²) in [5, 5.41) is 3.40. The molecule has 1 aromatic carbocycles. The third kappa shape index (κ3) is 1.55. The van der Waals surface area contributed by atoms with Gasteiger partial charge < -0.3 is 0 Å². The molecule has 1 amide bonds. The highest BCUT2D eigenvalue weighted by Gasteiger charge is 1.90. The average molecular weight is 138 g/mol. The smallest absolute Gasteiger partial charge is 0.233 e. The summed E-state index contributed by atoms with van der Waals surface area (Å²) >= 11 is 0. The van der Waals surface area contributed by atoms with E-state index in [2.05, 4.69) is 5.32 Å². The minimum absolute atomic E-state index is 0.329. The van der Waals surface area contributed by atoms with Crippen molar-refractivity contribution < 1.29 is 9.18 Å². The molecule has 0 aliphatic rings. The summed E-state index contributed by atoms with van der Waals surface area (Å²) in [5.74, 6) is -0.329. The largest absolute Gasteiger partial charge is 0.276 e. The number of nitrogens with zero attached hydrogens (tertiary/aromatic N) is 1. The third-order valence-electron chi connectivity index (χ3n) is 1.03. The van der Waals surface area contributed by atoms with E-state index in [4.69, 9.17) is 0 Å². The first-order chi connectivity index (χ1) is 4.83. The zero-order valence-electron chi connectivity index (χ0n) is 5.12. The van der Waals surface area contributed by atoms with Crippen LogP contribution in [0.4, 0.5) is 10.1 Å². The lowest BCUT2D eigenvalue weighted by molar-refractivity contribution is -0.108. The van der Waals surface area contributed by atoms with Crippen molar-refractivity contribution in [1.82, 2.24) is 5.32 Å². The van der Waals surface area contributed by atoms with Gasteiger partial charge in [-0.15, -0.1) is 0 Å². The maximum atomic E-state index is 12.2. The number of carbonyl (C=O) groups excluding carboxylic acids is 1. The summed E-state index contributed by atoms with van der Waals surface area (Å²) in [6, 6.07) is 5.37. The molecule has 1 radical (unpaired) electrons. The summed E-state index contributed by atoms with van der Waals surface area (Å²) in [5.41, 5.74) is 0.469. The van der Waals surface area contributed by atoms with Crippen LogP contribution in [0.15, 0.2) is 24.3 Å². The van der Waals surface area contributed by atoms with E-state index in [0.717, 1.165) is 0 Å². The van der Waals surface area contributed by atoms with Crippen LogP contribution in [0.5, 0.6) is 0 Å². The van der Waals surface area contributed by atoms with Crippen molar-refractivity contribution in [2.24, 2.45) is 0 Å². The molecule has 10 heavy (non-hydrogen) atoms. The van der Waals surface area contributed by atoms with E-state index in [0.29, 0.717) is 12.1 Å². The lowest BCUT2D eigenvalue weighted by atomic mass is 10.3. The van der Waals surface area contributed by atoms with Crippen LogP contribution in [0.25, 0.3) is 0 Å². The summed E-state index contributed by atoms with van der Waals surface area (Å²) in [4.78, 5) is 9.80. The molecule has 0 fully saturated rings.